The molecule has 0 aliphatic heterocycles. The van der Waals surface area contributed by atoms with Crippen LogP contribution in [0.15, 0.2) is 73.3 Å². The fourth-order valence-corrected chi connectivity index (χ4v) is 3.16. The summed E-state index contributed by atoms with van der Waals surface area (Å²) < 4.78 is 1.89. The molecule has 0 aliphatic carbocycles. The number of amides is 1. The number of hydrogen-bond acceptors (Lipinski definition) is 5. The average molecular weight is 398 g/mol. The number of aryl methyl sites for hydroxylation is 2. The van der Waals surface area contributed by atoms with Crippen molar-refractivity contribution in [1.29, 1.82) is 0 Å². The molecule has 150 valence electrons. The summed E-state index contributed by atoms with van der Waals surface area (Å²) in [5, 5.41) is 6.19. The molecule has 0 fully saturated rings. The summed E-state index contributed by atoms with van der Waals surface area (Å²) in [4.78, 5) is 25.1. The molecule has 4 aromatic rings. The molecule has 0 aliphatic rings. The maximum Gasteiger partial charge on any atom is 0.228 e. The standard InChI is InChI=1S/C23H22N6O/c1-16-4-3-5-18(12-16)13-23(30)28-20-8-6-19(7-9-20)27-21-14-22(26-15-25-21)29-11-10-24-17(29)2/h3-12,14-15H,13H2,1-2H3,(H,28,30)(H,25,26,27). The largest absolute Gasteiger partial charge is 0.340 e. The Morgan fingerprint density at radius 1 is 0.967 bits per heavy atom. The van der Waals surface area contributed by atoms with E-state index < -0.39 is 0 Å². The van der Waals surface area contributed by atoms with Crippen LogP contribution in [-0.4, -0.2) is 25.4 Å². The van der Waals surface area contributed by atoms with Crippen molar-refractivity contribution in [2.45, 2.75) is 20.3 Å². The molecule has 2 aromatic carbocycles. The second-order valence-electron chi connectivity index (χ2n) is 7.02. The Bertz CT molecular complexity index is 1170. The first kappa shape index (κ1) is 19.3. The average Bonchev–Trinajstić information content (AvgIpc) is 3.16. The molecule has 30 heavy (non-hydrogen) atoms. The van der Waals surface area contributed by atoms with Crippen molar-refractivity contribution >= 4 is 23.1 Å². The monoisotopic (exact) mass is 398 g/mol. The van der Waals surface area contributed by atoms with E-state index in [4.69, 9.17) is 0 Å². The zero-order chi connectivity index (χ0) is 20.9. The number of nitrogens with one attached hydrogen (secondary N) is 2. The highest BCUT2D eigenvalue weighted by atomic mass is 16.1. The molecule has 0 saturated carbocycles. The number of aromatic nitrogens is 4. The second-order valence-corrected chi connectivity index (χ2v) is 7.02. The van der Waals surface area contributed by atoms with Gasteiger partial charge in [0.15, 0.2) is 0 Å². The van der Waals surface area contributed by atoms with Gasteiger partial charge in [-0.2, -0.15) is 0 Å². The molecule has 0 saturated heterocycles. The lowest BCUT2D eigenvalue weighted by molar-refractivity contribution is -0.115. The molecule has 0 unspecified atom stereocenters. The molecular weight excluding hydrogens is 376 g/mol. The molecule has 2 N–H and O–H groups in total. The van der Waals surface area contributed by atoms with Gasteiger partial charge in [-0.15, -0.1) is 0 Å². The van der Waals surface area contributed by atoms with E-state index in [1.165, 1.54) is 6.33 Å². The van der Waals surface area contributed by atoms with Gasteiger partial charge >= 0.3 is 0 Å². The van der Waals surface area contributed by atoms with Crippen molar-refractivity contribution in [3.05, 3.63) is 90.3 Å². The smallest absolute Gasteiger partial charge is 0.228 e. The Hall–Kier alpha value is -4.00. The van der Waals surface area contributed by atoms with Gasteiger partial charge in [-0.05, 0) is 43.7 Å². The zero-order valence-corrected chi connectivity index (χ0v) is 16.8. The predicted octanol–water partition coefficient (Wildman–Crippen LogP) is 4.20. The van der Waals surface area contributed by atoms with Crippen LogP contribution < -0.4 is 10.6 Å². The van der Waals surface area contributed by atoms with Crippen molar-refractivity contribution in [1.82, 2.24) is 19.5 Å². The fourth-order valence-electron chi connectivity index (χ4n) is 3.16. The van der Waals surface area contributed by atoms with Gasteiger partial charge in [0.2, 0.25) is 5.91 Å². The van der Waals surface area contributed by atoms with Crippen LogP contribution in [0, 0.1) is 13.8 Å². The molecule has 4 rings (SSSR count). The van der Waals surface area contributed by atoms with Crippen LogP contribution in [0.2, 0.25) is 0 Å². The van der Waals surface area contributed by atoms with Crippen LogP contribution in [0.4, 0.5) is 17.2 Å². The Morgan fingerprint density at radius 3 is 2.50 bits per heavy atom. The molecule has 2 aromatic heterocycles. The minimum atomic E-state index is -0.0440. The lowest BCUT2D eigenvalue weighted by atomic mass is 10.1. The number of benzene rings is 2. The predicted molar refractivity (Wildman–Crippen MR) is 117 cm³/mol. The van der Waals surface area contributed by atoms with Crippen molar-refractivity contribution in [3.8, 4) is 5.82 Å². The van der Waals surface area contributed by atoms with Gasteiger partial charge in [0.1, 0.15) is 23.8 Å². The highest BCUT2D eigenvalue weighted by molar-refractivity contribution is 5.92. The summed E-state index contributed by atoms with van der Waals surface area (Å²) >= 11 is 0. The number of hydrogen-bond donors (Lipinski definition) is 2. The second kappa shape index (κ2) is 8.57. The Labute approximate surface area is 174 Å². The van der Waals surface area contributed by atoms with Gasteiger partial charge < -0.3 is 10.6 Å². The molecule has 7 heteroatoms. The first-order valence-corrected chi connectivity index (χ1v) is 9.62. The number of rotatable bonds is 6. The fraction of sp³-hybridized carbons (Fsp3) is 0.130. The van der Waals surface area contributed by atoms with E-state index in [0.29, 0.717) is 12.2 Å². The van der Waals surface area contributed by atoms with Crippen LogP contribution >= 0.6 is 0 Å². The van der Waals surface area contributed by atoms with Crippen LogP contribution in [0.25, 0.3) is 5.82 Å². The van der Waals surface area contributed by atoms with E-state index >= 15 is 0 Å². The third-order valence-corrected chi connectivity index (χ3v) is 4.61. The van der Waals surface area contributed by atoms with E-state index in [1.54, 1.807) is 6.20 Å². The molecule has 2 heterocycles. The van der Waals surface area contributed by atoms with Crippen LogP contribution in [0.5, 0.6) is 0 Å². The minimum absolute atomic E-state index is 0.0440. The molecular formula is C23H22N6O. The molecule has 0 radical (unpaired) electrons. The summed E-state index contributed by atoms with van der Waals surface area (Å²) in [6.45, 7) is 3.94. The van der Waals surface area contributed by atoms with Crippen molar-refractivity contribution in [2.24, 2.45) is 0 Å². The molecule has 0 spiro atoms. The third kappa shape index (κ3) is 4.70. The third-order valence-electron chi connectivity index (χ3n) is 4.61. The Morgan fingerprint density at radius 2 is 1.77 bits per heavy atom. The summed E-state index contributed by atoms with van der Waals surface area (Å²) in [5.41, 5.74) is 3.75. The molecule has 0 bridgehead atoms. The lowest BCUT2D eigenvalue weighted by Gasteiger charge is -2.10. The van der Waals surface area contributed by atoms with E-state index in [2.05, 4.69) is 25.6 Å². The maximum atomic E-state index is 12.3. The number of carbonyl (C=O) groups excluding carboxylic acids is 1. The first-order valence-electron chi connectivity index (χ1n) is 9.62. The van der Waals surface area contributed by atoms with Gasteiger partial charge in [0.05, 0.1) is 6.42 Å². The quantitative estimate of drug-likeness (QED) is 0.508. The van der Waals surface area contributed by atoms with Crippen molar-refractivity contribution < 1.29 is 4.79 Å². The summed E-state index contributed by atoms with van der Waals surface area (Å²) in [7, 11) is 0. The van der Waals surface area contributed by atoms with Gasteiger partial charge in [0, 0.05) is 29.8 Å². The maximum absolute atomic E-state index is 12.3. The summed E-state index contributed by atoms with van der Waals surface area (Å²) in [6, 6.07) is 17.3. The van der Waals surface area contributed by atoms with E-state index in [-0.39, 0.29) is 5.91 Å². The van der Waals surface area contributed by atoms with E-state index in [1.807, 2.05) is 79.2 Å². The minimum Gasteiger partial charge on any atom is -0.340 e. The SMILES string of the molecule is Cc1cccc(CC(=O)Nc2ccc(Nc3cc(-n4ccnc4C)ncn3)cc2)c1. The number of anilines is 3. The number of imidazole rings is 1. The van der Waals surface area contributed by atoms with Crippen LogP contribution in [-0.2, 0) is 11.2 Å². The van der Waals surface area contributed by atoms with Crippen molar-refractivity contribution in [2.75, 3.05) is 10.6 Å². The number of carbonyl (C=O) groups is 1. The van der Waals surface area contributed by atoms with E-state index in [0.717, 1.165) is 34.1 Å². The molecule has 7 nitrogen and oxygen atoms in total. The molecule has 1 amide bonds. The Balaban J connectivity index is 1.39. The first-order chi connectivity index (χ1) is 14.6. The Kier molecular flexibility index (Phi) is 5.52. The van der Waals surface area contributed by atoms with Gasteiger partial charge in [-0.1, -0.05) is 29.8 Å². The summed E-state index contributed by atoms with van der Waals surface area (Å²) in [6.07, 6.45) is 5.45. The topological polar surface area (TPSA) is 84.7 Å². The normalized spacial score (nSPS) is 10.6. The van der Waals surface area contributed by atoms with Gasteiger partial charge in [0.25, 0.3) is 0 Å². The summed E-state index contributed by atoms with van der Waals surface area (Å²) in [5.74, 6) is 2.22. The zero-order valence-electron chi connectivity index (χ0n) is 16.8. The van der Waals surface area contributed by atoms with Gasteiger partial charge in [-0.25, -0.2) is 15.0 Å². The van der Waals surface area contributed by atoms with Gasteiger partial charge in [-0.3, -0.25) is 9.36 Å². The highest BCUT2D eigenvalue weighted by Crippen LogP contribution is 2.19. The lowest BCUT2D eigenvalue weighted by Crippen LogP contribution is -2.14. The molecule has 0 atom stereocenters. The highest BCUT2D eigenvalue weighted by Gasteiger charge is 2.06. The van der Waals surface area contributed by atoms with Crippen LogP contribution in [0.3, 0.4) is 0 Å². The number of nitrogens with zero attached hydrogens (tertiary/aromatic N) is 4. The van der Waals surface area contributed by atoms with Crippen molar-refractivity contribution in [3.63, 3.8) is 0 Å². The van der Waals surface area contributed by atoms with Crippen LogP contribution in [0.1, 0.15) is 17.0 Å². The van der Waals surface area contributed by atoms with E-state index in [9.17, 15) is 4.79 Å².